The molecule has 1 saturated heterocycles. The first-order valence-electron chi connectivity index (χ1n) is 3.59. The molecule has 0 aromatic rings. The third-order valence-corrected chi connectivity index (χ3v) is 10.3. The number of halogens is 2. The second kappa shape index (κ2) is 3.50. The van der Waals surface area contributed by atoms with Crippen molar-refractivity contribution in [1.29, 1.82) is 0 Å². The molecule has 1 fully saturated rings. The van der Waals surface area contributed by atoms with Crippen LogP contribution in [0.2, 0.25) is 10.5 Å². The number of hydrogen-bond acceptors (Lipinski definition) is 0. The Morgan fingerprint density at radius 3 is 1.67 bits per heavy atom. The van der Waals surface area contributed by atoms with Crippen LogP contribution >= 0.6 is 20.0 Å². The van der Waals surface area contributed by atoms with Crippen LogP contribution in [0.4, 0.5) is 0 Å². The fraction of sp³-hybridized carbons (Fsp3) is 1.00. The van der Waals surface area contributed by atoms with E-state index in [0.717, 1.165) is 0 Å². The summed E-state index contributed by atoms with van der Waals surface area (Å²) in [5.41, 5.74) is 0. The average Bonchev–Trinajstić information content (AvgIpc) is 1.92. The van der Waals surface area contributed by atoms with Gasteiger partial charge in [0.05, 0.1) is 0 Å². The number of hydrogen-bond donors (Lipinski definition) is 0. The molecule has 1 rings (SSSR count). The van der Waals surface area contributed by atoms with Gasteiger partial charge in [0.25, 0.3) is 0 Å². The van der Waals surface area contributed by atoms with Crippen LogP contribution in [0.3, 0.4) is 0 Å². The molecular formula is C6H12Cl2Ge. The van der Waals surface area contributed by atoms with Crippen LogP contribution in [0.5, 0.6) is 0 Å². The molecule has 0 amide bonds. The molecule has 3 heteroatoms. The van der Waals surface area contributed by atoms with E-state index in [2.05, 4.69) is 0 Å². The van der Waals surface area contributed by atoms with Crippen molar-refractivity contribution in [1.82, 2.24) is 0 Å². The first kappa shape index (κ1) is 8.22. The van der Waals surface area contributed by atoms with Gasteiger partial charge in [0, 0.05) is 0 Å². The van der Waals surface area contributed by atoms with Crippen LogP contribution in [0, 0.1) is 0 Å². The Bertz CT molecular complexity index is 83.1. The molecule has 9 heavy (non-hydrogen) atoms. The van der Waals surface area contributed by atoms with Gasteiger partial charge < -0.3 is 0 Å². The monoisotopic (exact) mass is 228 g/mol. The van der Waals surface area contributed by atoms with Crippen molar-refractivity contribution in [3.05, 3.63) is 0 Å². The standard InChI is InChI=1S/C6H12Cl2Ge/c7-9(8)5-3-1-2-4-6-9/h1-6H2. The molecule has 0 unspecified atom stereocenters. The fourth-order valence-corrected chi connectivity index (χ4v) is 7.77. The second-order valence-corrected chi connectivity index (χ2v) is 17.0. The Balaban J connectivity index is 2.36. The summed E-state index contributed by atoms with van der Waals surface area (Å²) in [6, 6.07) is 0. The summed E-state index contributed by atoms with van der Waals surface area (Å²) in [5, 5.41) is 2.34. The molecule has 0 N–H and O–H groups in total. The van der Waals surface area contributed by atoms with Crippen LogP contribution in [0.1, 0.15) is 25.7 Å². The van der Waals surface area contributed by atoms with Gasteiger partial charge >= 0.3 is 67.6 Å². The van der Waals surface area contributed by atoms with Gasteiger partial charge in [-0.05, 0) is 0 Å². The van der Waals surface area contributed by atoms with E-state index in [0.29, 0.717) is 0 Å². The van der Waals surface area contributed by atoms with Crippen molar-refractivity contribution in [2.24, 2.45) is 0 Å². The van der Waals surface area contributed by atoms with Crippen LogP contribution in [-0.2, 0) is 0 Å². The second-order valence-electron chi connectivity index (χ2n) is 2.77. The van der Waals surface area contributed by atoms with Gasteiger partial charge in [-0.25, -0.2) is 0 Å². The molecule has 54 valence electrons. The van der Waals surface area contributed by atoms with Gasteiger partial charge in [0.2, 0.25) is 0 Å². The molecule has 0 atom stereocenters. The summed E-state index contributed by atoms with van der Waals surface area (Å²) in [4.78, 5) is 0. The zero-order chi connectivity index (χ0) is 6.74. The van der Waals surface area contributed by atoms with E-state index in [1.54, 1.807) is 0 Å². The fourth-order valence-electron chi connectivity index (χ4n) is 1.25. The SMILES string of the molecule is [Cl][Ge]1([Cl])[CH2]CCCC[CH2]1. The minimum atomic E-state index is -2.15. The van der Waals surface area contributed by atoms with Gasteiger partial charge in [0.15, 0.2) is 0 Å². The molecule has 1 aliphatic heterocycles. The summed E-state index contributed by atoms with van der Waals surface area (Å²) in [6.45, 7) is 0. The van der Waals surface area contributed by atoms with E-state index in [1.165, 1.54) is 36.2 Å². The van der Waals surface area contributed by atoms with Crippen molar-refractivity contribution >= 4 is 31.4 Å². The summed E-state index contributed by atoms with van der Waals surface area (Å²) >= 11 is -2.15. The van der Waals surface area contributed by atoms with Crippen LogP contribution in [0.15, 0.2) is 0 Å². The molecule has 0 aromatic carbocycles. The Morgan fingerprint density at radius 2 is 1.22 bits per heavy atom. The normalized spacial score (nSPS) is 27.3. The summed E-state index contributed by atoms with van der Waals surface area (Å²) < 4.78 is 0. The first-order chi connectivity index (χ1) is 4.21. The van der Waals surface area contributed by atoms with Gasteiger partial charge in [-0.3, -0.25) is 0 Å². The van der Waals surface area contributed by atoms with Gasteiger partial charge in [-0.2, -0.15) is 0 Å². The molecular weight excluding hydrogens is 216 g/mol. The third kappa shape index (κ3) is 3.15. The van der Waals surface area contributed by atoms with E-state index in [1.807, 2.05) is 0 Å². The quantitative estimate of drug-likeness (QED) is 0.556. The molecule has 0 aliphatic carbocycles. The Kier molecular flexibility index (Phi) is 3.19. The Morgan fingerprint density at radius 1 is 0.778 bits per heavy atom. The van der Waals surface area contributed by atoms with E-state index < -0.39 is 11.4 Å². The molecule has 0 nitrogen and oxygen atoms in total. The maximum absolute atomic E-state index is 6.13. The third-order valence-electron chi connectivity index (χ3n) is 1.84. The summed E-state index contributed by atoms with van der Waals surface area (Å²) in [5.74, 6) is 0. The van der Waals surface area contributed by atoms with Crippen molar-refractivity contribution < 1.29 is 0 Å². The molecule has 0 bridgehead atoms. The molecule has 0 saturated carbocycles. The van der Waals surface area contributed by atoms with E-state index >= 15 is 0 Å². The average molecular weight is 228 g/mol. The van der Waals surface area contributed by atoms with E-state index in [-0.39, 0.29) is 0 Å². The van der Waals surface area contributed by atoms with Crippen molar-refractivity contribution in [3.63, 3.8) is 0 Å². The predicted octanol–water partition coefficient (Wildman–Crippen LogP) is 3.48. The maximum atomic E-state index is 6.13. The van der Waals surface area contributed by atoms with Gasteiger partial charge in [0.1, 0.15) is 0 Å². The first-order valence-corrected chi connectivity index (χ1v) is 12.1. The van der Waals surface area contributed by atoms with E-state index in [9.17, 15) is 0 Å². The predicted molar refractivity (Wildman–Crippen MR) is 45.5 cm³/mol. The van der Waals surface area contributed by atoms with Gasteiger partial charge in [-0.1, -0.05) is 0 Å². The molecule has 1 aliphatic rings. The molecule has 0 spiro atoms. The summed E-state index contributed by atoms with van der Waals surface area (Å²) in [6.07, 6.45) is 5.28. The zero-order valence-corrected chi connectivity index (χ0v) is 9.11. The molecule has 1 heterocycles. The zero-order valence-electron chi connectivity index (χ0n) is 5.50. The van der Waals surface area contributed by atoms with Crippen molar-refractivity contribution in [2.45, 2.75) is 36.2 Å². The molecule has 0 radical (unpaired) electrons. The summed E-state index contributed by atoms with van der Waals surface area (Å²) in [7, 11) is 12.3. The topological polar surface area (TPSA) is 0 Å². The number of rotatable bonds is 0. The minimum absolute atomic E-state index is 1.17. The Hall–Kier alpha value is 1.12. The van der Waals surface area contributed by atoms with Crippen molar-refractivity contribution in [2.75, 3.05) is 0 Å². The van der Waals surface area contributed by atoms with Gasteiger partial charge in [-0.15, -0.1) is 0 Å². The van der Waals surface area contributed by atoms with Crippen LogP contribution < -0.4 is 0 Å². The van der Waals surface area contributed by atoms with Crippen LogP contribution in [0.25, 0.3) is 0 Å². The Labute approximate surface area is 67.6 Å². The molecule has 0 aromatic heterocycles. The van der Waals surface area contributed by atoms with Crippen molar-refractivity contribution in [3.8, 4) is 0 Å². The van der Waals surface area contributed by atoms with E-state index in [4.69, 9.17) is 20.0 Å². The van der Waals surface area contributed by atoms with Crippen LogP contribution in [-0.4, -0.2) is 11.4 Å².